The number of carbonyl (C=O) groups is 5. The number of carbonyl (C=O) groups excluding carboxylic acids is 5. The van der Waals surface area contributed by atoms with Crippen LogP contribution in [0, 0.1) is 5.41 Å². The number of nitrogens with zero attached hydrogens (tertiary/aromatic N) is 1. The molecule has 0 bridgehead atoms. The van der Waals surface area contributed by atoms with Gasteiger partial charge < -0.3 is 30.3 Å². The maximum atomic E-state index is 14.2. The van der Waals surface area contributed by atoms with Crippen molar-refractivity contribution in [3.8, 4) is 0 Å². The standard InChI is InChI=1S/C29H45N5O8/c1-6-8-20(22(35)25(37)30-18-9-10-18)31-24(36)21-14-29(13-17(7-2)33-42-29)16-34(21)26(38)23(28(3,4)5)32-27(39)41-19-11-12-40-15-19/h13,18-21,23,33H,6-12,14-16H2,1-5H3,(H,30,37)(H,31,36)(H,32,39)/t19-,20-,21-,23+,29+/m0/s1. The largest absolute Gasteiger partial charge is 0.444 e. The molecule has 2 saturated heterocycles. The van der Waals surface area contributed by atoms with Gasteiger partial charge in [0.2, 0.25) is 17.6 Å². The Kier molecular flexibility index (Phi) is 9.81. The molecular weight excluding hydrogens is 546 g/mol. The van der Waals surface area contributed by atoms with Crippen molar-refractivity contribution in [2.75, 3.05) is 19.8 Å². The predicted molar refractivity (Wildman–Crippen MR) is 151 cm³/mol. The van der Waals surface area contributed by atoms with Crippen molar-refractivity contribution in [2.45, 2.75) is 115 Å². The van der Waals surface area contributed by atoms with Gasteiger partial charge in [0.25, 0.3) is 5.91 Å². The number of ether oxygens (including phenoxy) is 2. The Morgan fingerprint density at radius 3 is 2.45 bits per heavy atom. The van der Waals surface area contributed by atoms with Gasteiger partial charge in [0, 0.05) is 24.6 Å². The van der Waals surface area contributed by atoms with E-state index in [1.807, 2.05) is 40.7 Å². The summed E-state index contributed by atoms with van der Waals surface area (Å²) in [6.07, 6.45) is 4.61. The van der Waals surface area contributed by atoms with E-state index in [0.717, 1.165) is 18.5 Å². The Balaban J connectivity index is 1.55. The van der Waals surface area contributed by atoms with Gasteiger partial charge in [0.15, 0.2) is 0 Å². The second-order valence-electron chi connectivity index (χ2n) is 12.8. The van der Waals surface area contributed by atoms with Crippen molar-refractivity contribution in [1.29, 1.82) is 0 Å². The van der Waals surface area contributed by atoms with Gasteiger partial charge in [-0.15, -0.1) is 0 Å². The molecule has 4 rings (SSSR count). The smallest absolute Gasteiger partial charge is 0.408 e. The highest BCUT2D eigenvalue weighted by Gasteiger charge is 2.53. The molecule has 1 spiro atoms. The fourth-order valence-electron chi connectivity index (χ4n) is 5.45. The molecule has 13 nitrogen and oxygen atoms in total. The molecule has 1 saturated carbocycles. The highest BCUT2D eigenvalue weighted by Crippen LogP contribution is 2.37. The molecule has 3 heterocycles. The third-order valence-corrected chi connectivity index (χ3v) is 8.03. The Morgan fingerprint density at radius 2 is 1.88 bits per heavy atom. The molecule has 3 fully saturated rings. The van der Waals surface area contributed by atoms with Crippen LogP contribution in [0.5, 0.6) is 0 Å². The number of allylic oxidation sites excluding steroid dienone is 1. The number of alkyl carbamates (subject to hydrolysis) is 1. The quantitative estimate of drug-likeness (QED) is 0.259. The lowest BCUT2D eigenvalue weighted by Gasteiger charge is -2.35. The zero-order chi connectivity index (χ0) is 30.7. The first-order valence-electron chi connectivity index (χ1n) is 15.0. The van der Waals surface area contributed by atoms with Gasteiger partial charge in [-0.3, -0.25) is 29.5 Å². The molecule has 234 valence electrons. The van der Waals surface area contributed by atoms with E-state index in [2.05, 4.69) is 21.4 Å². The normalized spacial score (nSPS) is 26.7. The van der Waals surface area contributed by atoms with Crippen LogP contribution in [0.1, 0.15) is 79.6 Å². The number of likely N-dealkylation sites (tertiary alicyclic amines) is 1. The summed E-state index contributed by atoms with van der Waals surface area (Å²) >= 11 is 0. The van der Waals surface area contributed by atoms with E-state index in [1.165, 1.54) is 4.90 Å². The summed E-state index contributed by atoms with van der Waals surface area (Å²) in [7, 11) is 0. The van der Waals surface area contributed by atoms with Gasteiger partial charge >= 0.3 is 6.09 Å². The molecule has 3 aliphatic heterocycles. The SMILES string of the molecule is CCC[C@H](NC(=O)[C@@H]1C[C@]2(C=C(CC)NO2)CN1C(=O)[C@@H](NC(=O)O[C@H]1CCOC1)C(C)(C)C)C(=O)C(=O)NC1CC1. The maximum Gasteiger partial charge on any atom is 0.408 e. The molecular formula is C29H45N5O8. The van der Waals surface area contributed by atoms with Gasteiger partial charge in [-0.25, -0.2) is 4.79 Å². The molecule has 4 N–H and O–H groups in total. The molecule has 0 aromatic rings. The van der Waals surface area contributed by atoms with Crippen LogP contribution in [-0.2, 0) is 33.5 Å². The highest BCUT2D eigenvalue weighted by molar-refractivity contribution is 6.38. The van der Waals surface area contributed by atoms with E-state index in [0.29, 0.717) is 32.5 Å². The van der Waals surface area contributed by atoms with Crippen LogP contribution in [0.3, 0.4) is 0 Å². The molecule has 42 heavy (non-hydrogen) atoms. The van der Waals surface area contributed by atoms with Crippen molar-refractivity contribution in [3.05, 3.63) is 11.8 Å². The number of amides is 4. The second-order valence-corrected chi connectivity index (χ2v) is 12.8. The van der Waals surface area contributed by atoms with Crippen LogP contribution in [0.2, 0.25) is 0 Å². The summed E-state index contributed by atoms with van der Waals surface area (Å²) in [5.74, 6) is -2.46. The Hall–Kier alpha value is -3.19. The summed E-state index contributed by atoms with van der Waals surface area (Å²) < 4.78 is 10.7. The topological polar surface area (TPSA) is 164 Å². The van der Waals surface area contributed by atoms with Gasteiger partial charge in [0.05, 0.1) is 25.8 Å². The lowest BCUT2D eigenvalue weighted by Crippen LogP contribution is -2.59. The molecule has 5 atom stereocenters. The first-order chi connectivity index (χ1) is 19.9. The van der Waals surface area contributed by atoms with Crippen LogP contribution in [0.4, 0.5) is 4.79 Å². The monoisotopic (exact) mass is 591 g/mol. The Labute approximate surface area is 246 Å². The molecule has 4 aliphatic rings. The third-order valence-electron chi connectivity index (χ3n) is 8.03. The van der Waals surface area contributed by atoms with E-state index in [1.54, 1.807) is 0 Å². The molecule has 4 amide bonds. The van der Waals surface area contributed by atoms with E-state index in [9.17, 15) is 24.0 Å². The molecule has 0 radical (unpaired) electrons. The fraction of sp³-hybridized carbons (Fsp3) is 0.759. The van der Waals surface area contributed by atoms with Crippen LogP contribution in [0.15, 0.2) is 11.8 Å². The average molecular weight is 592 g/mol. The lowest BCUT2D eigenvalue weighted by atomic mass is 9.85. The van der Waals surface area contributed by atoms with Crippen molar-refractivity contribution < 1.29 is 38.3 Å². The summed E-state index contributed by atoms with van der Waals surface area (Å²) in [5, 5.41) is 8.16. The number of hydroxylamine groups is 1. The average Bonchev–Trinajstić information content (AvgIpc) is 3.29. The zero-order valence-corrected chi connectivity index (χ0v) is 25.2. The second kappa shape index (κ2) is 13.0. The first kappa shape index (κ1) is 31.7. The molecule has 0 aromatic heterocycles. The molecule has 13 heteroatoms. The van der Waals surface area contributed by atoms with Crippen LogP contribution in [0.25, 0.3) is 0 Å². The van der Waals surface area contributed by atoms with E-state index < -0.39 is 64.8 Å². The Morgan fingerprint density at radius 1 is 1.14 bits per heavy atom. The first-order valence-corrected chi connectivity index (χ1v) is 15.0. The number of Topliss-reactive ketones (excluding diaryl/α,β-unsaturated/α-hetero) is 1. The number of hydrogen-bond acceptors (Lipinski definition) is 9. The van der Waals surface area contributed by atoms with Crippen LogP contribution < -0.4 is 21.4 Å². The van der Waals surface area contributed by atoms with Crippen molar-refractivity contribution >= 4 is 29.6 Å². The maximum absolute atomic E-state index is 14.2. The highest BCUT2D eigenvalue weighted by atomic mass is 16.7. The van der Waals surface area contributed by atoms with Crippen LogP contribution in [-0.4, -0.2) is 90.1 Å². The third kappa shape index (κ3) is 7.60. The number of nitrogens with one attached hydrogen (secondary N) is 4. The summed E-state index contributed by atoms with van der Waals surface area (Å²) in [4.78, 5) is 73.6. The Bertz CT molecular complexity index is 1090. The summed E-state index contributed by atoms with van der Waals surface area (Å²) in [6.45, 7) is 10.1. The van der Waals surface area contributed by atoms with Gasteiger partial charge in [0.1, 0.15) is 23.8 Å². The van der Waals surface area contributed by atoms with E-state index in [-0.39, 0.29) is 25.4 Å². The number of ketones is 1. The van der Waals surface area contributed by atoms with Crippen molar-refractivity contribution in [3.63, 3.8) is 0 Å². The minimum Gasteiger partial charge on any atom is -0.444 e. The van der Waals surface area contributed by atoms with Gasteiger partial charge in [-0.1, -0.05) is 41.0 Å². The summed E-state index contributed by atoms with van der Waals surface area (Å²) in [6, 6.07) is -3.07. The summed E-state index contributed by atoms with van der Waals surface area (Å²) in [5.41, 5.74) is 2.01. The number of rotatable bonds is 11. The van der Waals surface area contributed by atoms with E-state index >= 15 is 0 Å². The molecule has 1 aliphatic carbocycles. The minimum atomic E-state index is -1.03. The molecule has 0 aromatic carbocycles. The predicted octanol–water partition coefficient (Wildman–Crippen LogP) is 1.22. The molecule has 0 unspecified atom stereocenters. The lowest BCUT2D eigenvalue weighted by molar-refractivity contribution is -0.144. The fourth-order valence-corrected chi connectivity index (χ4v) is 5.45. The van der Waals surface area contributed by atoms with E-state index in [4.69, 9.17) is 14.3 Å². The van der Waals surface area contributed by atoms with Crippen LogP contribution >= 0.6 is 0 Å². The van der Waals surface area contributed by atoms with Gasteiger partial charge in [-0.05, 0) is 37.2 Å². The van der Waals surface area contributed by atoms with Gasteiger partial charge in [-0.2, -0.15) is 0 Å². The minimum absolute atomic E-state index is 0.00325. The van der Waals surface area contributed by atoms with Crippen molar-refractivity contribution in [1.82, 2.24) is 26.3 Å². The number of hydrogen-bond donors (Lipinski definition) is 4. The van der Waals surface area contributed by atoms with Crippen molar-refractivity contribution in [2.24, 2.45) is 5.41 Å². The zero-order valence-electron chi connectivity index (χ0n) is 25.2.